The lowest BCUT2D eigenvalue weighted by atomic mass is 10.1. The molecule has 2 amide bonds. The maximum Gasteiger partial charge on any atom is 0.335 e. The van der Waals surface area contributed by atoms with Crippen molar-refractivity contribution in [1.29, 1.82) is 0 Å². The molecular weight excluding hydrogens is 318 g/mol. The van der Waals surface area contributed by atoms with Crippen LogP contribution in [0.25, 0.3) is 0 Å². The van der Waals surface area contributed by atoms with Crippen LogP contribution in [-0.2, 0) is 0 Å². The van der Waals surface area contributed by atoms with Gasteiger partial charge in [0.15, 0.2) is 0 Å². The summed E-state index contributed by atoms with van der Waals surface area (Å²) in [5, 5.41) is 12.0. The van der Waals surface area contributed by atoms with E-state index < -0.39 is 12.0 Å². The molecular formula is C19H15N3O3. The van der Waals surface area contributed by atoms with Gasteiger partial charge in [-0.2, -0.15) is 0 Å². The molecule has 2 aromatic carbocycles. The maximum absolute atomic E-state index is 12.8. The number of carboxylic acids is 1. The van der Waals surface area contributed by atoms with Gasteiger partial charge < -0.3 is 10.4 Å². The van der Waals surface area contributed by atoms with E-state index in [1.165, 1.54) is 23.2 Å². The normalized spacial score (nSPS) is 10.1. The Labute approximate surface area is 144 Å². The van der Waals surface area contributed by atoms with Crippen LogP contribution in [0.5, 0.6) is 0 Å². The molecule has 0 aliphatic rings. The molecule has 3 aromatic rings. The highest BCUT2D eigenvalue weighted by Crippen LogP contribution is 2.27. The average molecular weight is 333 g/mol. The van der Waals surface area contributed by atoms with E-state index in [4.69, 9.17) is 0 Å². The minimum Gasteiger partial charge on any atom is -0.478 e. The zero-order chi connectivity index (χ0) is 17.6. The molecule has 25 heavy (non-hydrogen) atoms. The SMILES string of the molecule is O=C(O)c1cccc(N(C(=O)Nc2cccnc2)c2ccccc2)c1. The second kappa shape index (κ2) is 7.27. The largest absolute Gasteiger partial charge is 0.478 e. The molecule has 0 radical (unpaired) electrons. The number of rotatable bonds is 4. The van der Waals surface area contributed by atoms with Gasteiger partial charge in [0.25, 0.3) is 0 Å². The molecule has 0 atom stereocenters. The van der Waals surface area contributed by atoms with Crippen LogP contribution in [0.1, 0.15) is 10.4 Å². The van der Waals surface area contributed by atoms with E-state index in [-0.39, 0.29) is 5.56 Å². The molecule has 0 saturated carbocycles. The quantitative estimate of drug-likeness (QED) is 0.751. The maximum atomic E-state index is 12.8. The summed E-state index contributed by atoms with van der Waals surface area (Å²) in [7, 11) is 0. The molecule has 124 valence electrons. The molecule has 0 bridgehead atoms. The Morgan fingerprint density at radius 2 is 1.68 bits per heavy atom. The third kappa shape index (κ3) is 3.81. The summed E-state index contributed by atoms with van der Waals surface area (Å²) in [6, 6.07) is 18.2. The number of carbonyl (C=O) groups is 2. The predicted octanol–water partition coefficient (Wildman–Crippen LogP) is 4.15. The van der Waals surface area contributed by atoms with E-state index in [2.05, 4.69) is 10.3 Å². The number of para-hydroxylation sites is 1. The van der Waals surface area contributed by atoms with E-state index >= 15 is 0 Å². The molecule has 6 nitrogen and oxygen atoms in total. The Kier molecular flexibility index (Phi) is 4.71. The van der Waals surface area contributed by atoms with Crippen molar-refractivity contribution in [2.24, 2.45) is 0 Å². The number of carboxylic acid groups (broad SMARTS) is 1. The van der Waals surface area contributed by atoms with Crippen LogP contribution in [0.15, 0.2) is 79.1 Å². The second-order valence-corrected chi connectivity index (χ2v) is 5.20. The van der Waals surface area contributed by atoms with Crippen LogP contribution >= 0.6 is 0 Å². The standard InChI is InChI=1S/C19H15N3O3/c23-18(24)14-6-4-10-17(12-14)22(16-8-2-1-3-9-16)19(25)21-15-7-5-11-20-13-15/h1-13H,(H,21,25)(H,23,24). The Hall–Kier alpha value is -3.67. The van der Waals surface area contributed by atoms with Crippen LogP contribution in [0, 0.1) is 0 Å². The number of hydrogen-bond donors (Lipinski definition) is 2. The number of nitrogens with one attached hydrogen (secondary N) is 1. The van der Waals surface area contributed by atoms with Gasteiger partial charge in [-0.1, -0.05) is 24.3 Å². The molecule has 0 unspecified atom stereocenters. The number of carbonyl (C=O) groups excluding carboxylic acids is 1. The van der Waals surface area contributed by atoms with Crippen molar-refractivity contribution >= 4 is 29.1 Å². The van der Waals surface area contributed by atoms with Gasteiger partial charge in [-0.15, -0.1) is 0 Å². The average Bonchev–Trinajstić information content (AvgIpc) is 2.64. The first-order valence-electron chi connectivity index (χ1n) is 7.55. The van der Waals surface area contributed by atoms with Crippen molar-refractivity contribution in [2.45, 2.75) is 0 Å². The van der Waals surface area contributed by atoms with Crippen LogP contribution in [-0.4, -0.2) is 22.1 Å². The Morgan fingerprint density at radius 1 is 0.920 bits per heavy atom. The zero-order valence-corrected chi connectivity index (χ0v) is 13.2. The molecule has 3 rings (SSSR count). The fourth-order valence-electron chi connectivity index (χ4n) is 2.35. The summed E-state index contributed by atoms with van der Waals surface area (Å²) in [6.07, 6.45) is 3.15. The lowest BCUT2D eigenvalue weighted by Gasteiger charge is -2.23. The van der Waals surface area contributed by atoms with Crippen molar-refractivity contribution in [3.63, 3.8) is 0 Å². The fraction of sp³-hybridized carbons (Fsp3) is 0. The number of anilines is 3. The lowest BCUT2D eigenvalue weighted by Crippen LogP contribution is -2.31. The van der Waals surface area contributed by atoms with E-state index in [1.54, 1.807) is 54.7 Å². The van der Waals surface area contributed by atoms with Gasteiger partial charge in [0, 0.05) is 6.20 Å². The summed E-state index contributed by atoms with van der Waals surface area (Å²) < 4.78 is 0. The first-order chi connectivity index (χ1) is 12.1. The predicted molar refractivity (Wildman–Crippen MR) is 95.2 cm³/mol. The summed E-state index contributed by atoms with van der Waals surface area (Å²) in [6.45, 7) is 0. The van der Waals surface area contributed by atoms with Gasteiger partial charge in [-0.25, -0.2) is 9.59 Å². The van der Waals surface area contributed by atoms with Gasteiger partial charge in [0.2, 0.25) is 0 Å². The molecule has 6 heteroatoms. The van der Waals surface area contributed by atoms with Crippen molar-refractivity contribution < 1.29 is 14.7 Å². The van der Waals surface area contributed by atoms with E-state index in [0.29, 0.717) is 17.1 Å². The molecule has 2 N–H and O–H groups in total. The van der Waals surface area contributed by atoms with Crippen LogP contribution in [0.2, 0.25) is 0 Å². The number of nitrogens with zero attached hydrogens (tertiary/aromatic N) is 2. The molecule has 0 saturated heterocycles. The Bertz CT molecular complexity index is 883. The first-order valence-corrected chi connectivity index (χ1v) is 7.55. The number of aromatic nitrogens is 1. The monoisotopic (exact) mass is 333 g/mol. The van der Waals surface area contributed by atoms with E-state index in [9.17, 15) is 14.7 Å². The van der Waals surface area contributed by atoms with Gasteiger partial charge in [-0.3, -0.25) is 9.88 Å². The van der Waals surface area contributed by atoms with Gasteiger partial charge in [0.05, 0.1) is 28.8 Å². The molecule has 0 spiro atoms. The van der Waals surface area contributed by atoms with Crippen LogP contribution in [0.3, 0.4) is 0 Å². The fourth-order valence-corrected chi connectivity index (χ4v) is 2.35. The van der Waals surface area contributed by atoms with Crippen molar-refractivity contribution in [3.05, 3.63) is 84.7 Å². The van der Waals surface area contributed by atoms with E-state index in [1.807, 2.05) is 6.07 Å². The molecule has 0 aliphatic carbocycles. The third-order valence-electron chi connectivity index (χ3n) is 3.48. The smallest absolute Gasteiger partial charge is 0.335 e. The molecule has 0 fully saturated rings. The summed E-state index contributed by atoms with van der Waals surface area (Å²) >= 11 is 0. The number of aromatic carboxylic acids is 1. The highest BCUT2D eigenvalue weighted by molar-refractivity contribution is 6.07. The first kappa shape index (κ1) is 16.2. The van der Waals surface area contributed by atoms with Crippen LogP contribution in [0.4, 0.5) is 21.9 Å². The molecule has 1 aromatic heterocycles. The zero-order valence-electron chi connectivity index (χ0n) is 13.2. The minimum absolute atomic E-state index is 0.104. The Morgan fingerprint density at radius 3 is 2.36 bits per heavy atom. The summed E-state index contributed by atoms with van der Waals surface area (Å²) in [4.78, 5) is 29.5. The summed E-state index contributed by atoms with van der Waals surface area (Å²) in [5.74, 6) is -1.05. The highest BCUT2D eigenvalue weighted by Gasteiger charge is 2.19. The second-order valence-electron chi connectivity index (χ2n) is 5.20. The van der Waals surface area contributed by atoms with Gasteiger partial charge in [-0.05, 0) is 42.5 Å². The van der Waals surface area contributed by atoms with Gasteiger partial charge in [0.1, 0.15) is 0 Å². The lowest BCUT2D eigenvalue weighted by molar-refractivity contribution is 0.0697. The molecule has 1 heterocycles. The van der Waals surface area contributed by atoms with Crippen molar-refractivity contribution in [3.8, 4) is 0 Å². The molecule has 0 aliphatic heterocycles. The topological polar surface area (TPSA) is 82.5 Å². The number of amides is 2. The Balaban J connectivity index is 2.00. The number of hydrogen-bond acceptors (Lipinski definition) is 3. The number of benzene rings is 2. The highest BCUT2D eigenvalue weighted by atomic mass is 16.4. The summed E-state index contributed by atoms with van der Waals surface area (Å²) in [5.41, 5.74) is 1.72. The number of urea groups is 1. The van der Waals surface area contributed by atoms with Gasteiger partial charge >= 0.3 is 12.0 Å². The third-order valence-corrected chi connectivity index (χ3v) is 3.48. The van der Waals surface area contributed by atoms with E-state index in [0.717, 1.165) is 0 Å². The van der Waals surface area contributed by atoms with Crippen LogP contribution < -0.4 is 10.2 Å². The van der Waals surface area contributed by atoms with Crippen molar-refractivity contribution in [2.75, 3.05) is 10.2 Å². The van der Waals surface area contributed by atoms with Crippen molar-refractivity contribution in [1.82, 2.24) is 4.98 Å². The number of pyridine rings is 1. The minimum atomic E-state index is -1.05.